The van der Waals surface area contributed by atoms with Crippen molar-refractivity contribution < 1.29 is 14.3 Å². The lowest BCUT2D eigenvalue weighted by atomic mass is 10.1. The summed E-state index contributed by atoms with van der Waals surface area (Å²) in [6.45, 7) is 8.07. The van der Waals surface area contributed by atoms with Gasteiger partial charge in [0, 0.05) is 36.3 Å². The van der Waals surface area contributed by atoms with Gasteiger partial charge in [-0.1, -0.05) is 18.7 Å². The second kappa shape index (κ2) is 9.08. The van der Waals surface area contributed by atoms with Gasteiger partial charge >= 0.3 is 0 Å². The molecule has 1 amide bonds. The number of carbonyl (C=O) groups is 2. The predicted octanol–water partition coefficient (Wildman–Crippen LogP) is 3.75. The Bertz CT molecular complexity index is 886. The number of hydrogen-bond donors (Lipinski definition) is 0. The zero-order valence-corrected chi connectivity index (χ0v) is 17.6. The molecule has 146 valence electrons. The molecule has 2 aromatic rings. The van der Waals surface area contributed by atoms with Crippen LogP contribution in [0.25, 0.3) is 10.9 Å². The van der Waals surface area contributed by atoms with Crippen LogP contribution in [0.5, 0.6) is 5.75 Å². The molecular weight excluding hydrogens is 362 g/mol. The van der Waals surface area contributed by atoms with Crippen molar-refractivity contribution in [1.29, 1.82) is 0 Å². The zero-order valence-electron chi connectivity index (χ0n) is 16.8. The monoisotopic (exact) mass is 389 g/mol. The smallest absolute Gasteiger partial charge is 0.248 e. The first-order chi connectivity index (χ1) is 12.9. The molecule has 0 N–H and O–H groups in total. The quantitative estimate of drug-likeness (QED) is 0.429. The number of amidine groups is 1. The van der Waals surface area contributed by atoms with E-state index in [1.54, 1.807) is 37.7 Å². The van der Waals surface area contributed by atoms with Crippen LogP contribution in [-0.4, -0.2) is 52.8 Å². The minimum Gasteiger partial charge on any atom is -0.497 e. The third-order valence-electron chi connectivity index (χ3n) is 4.49. The molecule has 27 heavy (non-hydrogen) atoms. The van der Waals surface area contributed by atoms with E-state index in [1.165, 1.54) is 0 Å². The molecular formula is C20H27N3O3S. The van der Waals surface area contributed by atoms with E-state index in [1.807, 2.05) is 43.5 Å². The summed E-state index contributed by atoms with van der Waals surface area (Å²) in [6.07, 6.45) is 0. The molecule has 1 aromatic heterocycles. The van der Waals surface area contributed by atoms with Crippen molar-refractivity contribution in [2.24, 2.45) is 4.99 Å². The summed E-state index contributed by atoms with van der Waals surface area (Å²) >= 11 is 1.54. The first-order valence-corrected chi connectivity index (χ1v) is 9.95. The highest BCUT2D eigenvalue weighted by Gasteiger charge is 2.23. The van der Waals surface area contributed by atoms with Gasteiger partial charge in [-0.05, 0) is 38.7 Å². The standard InChI is InChI=1S/C20H27N3O3S/c1-7-22(20(21-5)27-8-2)18(25)12-23-13(3)19(14(4)24)16-10-9-15(26-6)11-17(16)23/h9-11H,7-8,12H2,1-6H3. The van der Waals surface area contributed by atoms with Crippen molar-refractivity contribution in [3.63, 3.8) is 0 Å². The van der Waals surface area contributed by atoms with Gasteiger partial charge in [0.25, 0.3) is 0 Å². The van der Waals surface area contributed by atoms with Crippen LogP contribution in [-0.2, 0) is 11.3 Å². The summed E-state index contributed by atoms with van der Waals surface area (Å²) in [4.78, 5) is 31.2. The van der Waals surface area contributed by atoms with Crippen LogP contribution in [0, 0.1) is 6.92 Å². The summed E-state index contributed by atoms with van der Waals surface area (Å²) < 4.78 is 7.22. The van der Waals surface area contributed by atoms with Gasteiger partial charge in [-0.15, -0.1) is 0 Å². The average molecular weight is 390 g/mol. The summed E-state index contributed by atoms with van der Waals surface area (Å²) in [5, 5.41) is 1.55. The van der Waals surface area contributed by atoms with Gasteiger partial charge in [0.2, 0.25) is 5.91 Å². The van der Waals surface area contributed by atoms with Gasteiger partial charge < -0.3 is 9.30 Å². The number of ketones is 1. The normalized spacial score (nSPS) is 11.7. The molecule has 6 nitrogen and oxygen atoms in total. The van der Waals surface area contributed by atoms with Crippen LogP contribution in [0.2, 0.25) is 0 Å². The maximum Gasteiger partial charge on any atom is 0.248 e. The zero-order chi connectivity index (χ0) is 20.1. The van der Waals surface area contributed by atoms with E-state index in [-0.39, 0.29) is 18.2 Å². The van der Waals surface area contributed by atoms with Gasteiger partial charge in [-0.3, -0.25) is 19.5 Å². The van der Waals surface area contributed by atoms with Crippen molar-refractivity contribution in [2.75, 3.05) is 26.5 Å². The van der Waals surface area contributed by atoms with Gasteiger partial charge in [0.15, 0.2) is 11.0 Å². The second-order valence-corrected chi connectivity index (χ2v) is 7.29. The third-order valence-corrected chi connectivity index (χ3v) is 5.44. The van der Waals surface area contributed by atoms with Crippen LogP contribution >= 0.6 is 11.8 Å². The SMILES string of the molecule is CCSC(=NC)N(CC)C(=O)Cn1c(C)c(C(C)=O)c2ccc(OC)cc21. The molecule has 0 fully saturated rings. The molecule has 0 aliphatic rings. The molecule has 0 radical (unpaired) electrons. The highest BCUT2D eigenvalue weighted by atomic mass is 32.2. The number of nitrogens with zero attached hydrogens (tertiary/aromatic N) is 3. The first-order valence-electron chi connectivity index (χ1n) is 8.97. The third kappa shape index (κ3) is 4.18. The van der Waals surface area contributed by atoms with Crippen molar-refractivity contribution in [3.8, 4) is 5.75 Å². The van der Waals surface area contributed by atoms with Gasteiger partial charge in [0.05, 0.1) is 12.6 Å². The van der Waals surface area contributed by atoms with Crippen LogP contribution in [0.3, 0.4) is 0 Å². The van der Waals surface area contributed by atoms with Crippen LogP contribution in [0.4, 0.5) is 0 Å². The highest BCUT2D eigenvalue weighted by molar-refractivity contribution is 8.13. The molecule has 0 unspecified atom stereocenters. The number of carbonyl (C=O) groups excluding carboxylic acids is 2. The summed E-state index contributed by atoms with van der Waals surface area (Å²) in [7, 11) is 3.30. The number of benzene rings is 1. The number of ether oxygens (including phenoxy) is 1. The molecule has 0 aliphatic heterocycles. The minimum absolute atomic E-state index is 0.0152. The average Bonchev–Trinajstić information content (AvgIpc) is 2.92. The Kier molecular flexibility index (Phi) is 7.07. The van der Waals surface area contributed by atoms with Crippen molar-refractivity contribution in [3.05, 3.63) is 29.5 Å². The first kappa shape index (κ1) is 21.0. The van der Waals surface area contributed by atoms with E-state index in [0.717, 1.165) is 22.3 Å². The molecule has 0 bridgehead atoms. The molecule has 7 heteroatoms. The number of fused-ring (bicyclic) bond motifs is 1. The van der Waals surface area contributed by atoms with Crippen molar-refractivity contribution in [2.45, 2.75) is 34.2 Å². The van der Waals surface area contributed by atoms with Crippen LogP contribution in [0.15, 0.2) is 23.2 Å². The van der Waals surface area contributed by atoms with E-state index in [0.29, 0.717) is 23.0 Å². The van der Waals surface area contributed by atoms with E-state index >= 15 is 0 Å². The Balaban J connectivity index is 2.52. The Morgan fingerprint density at radius 2 is 2.00 bits per heavy atom. The number of amides is 1. The number of aromatic nitrogens is 1. The lowest BCUT2D eigenvalue weighted by Gasteiger charge is -2.22. The van der Waals surface area contributed by atoms with Crippen molar-refractivity contribution in [1.82, 2.24) is 9.47 Å². The predicted molar refractivity (Wildman–Crippen MR) is 112 cm³/mol. The summed E-state index contributed by atoms with van der Waals surface area (Å²) in [5.74, 6) is 1.46. The van der Waals surface area contributed by atoms with E-state index in [9.17, 15) is 9.59 Å². The van der Waals surface area contributed by atoms with Gasteiger partial charge in [0.1, 0.15) is 12.3 Å². The number of aliphatic imine (C=N–C) groups is 1. The Labute approximate surface area is 164 Å². The fraction of sp³-hybridized carbons (Fsp3) is 0.450. The second-order valence-electron chi connectivity index (χ2n) is 6.06. The Morgan fingerprint density at radius 1 is 1.30 bits per heavy atom. The van der Waals surface area contributed by atoms with E-state index in [4.69, 9.17) is 4.74 Å². The van der Waals surface area contributed by atoms with Crippen LogP contribution in [0.1, 0.15) is 36.8 Å². The molecule has 1 aromatic carbocycles. The van der Waals surface area contributed by atoms with Gasteiger partial charge in [-0.25, -0.2) is 0 Å². The molecule has 0 atom stereocenters. The molecule has 0 spiro atoms. The van der Waals surface area contributed by atoms with Crippen molar-refractivity contribution >= 4 is 39.5 Å². The lowest BCUT2D eigenvalue weighted by molar-refractivity contribution is -0.127. The molecule has 0 aliphatic carbocycles. The highest BCUT2D eigenvalue weighted by Crippen LogP contribution is 2.30. The number of hydrogen-bond acceptors (Lipinski definition) is 5. The number of likely N-dealkylation sites (N-methyl/N-ethyl adjacent to an activating group) is 1. The maximum absolute atomic E-state index is 13.0. The number of Topliss-reactive ketones (excluding diaryl/α,β-unsaturated/α-hetero) is 1. The van der Waals surface area contributed by atoms with E-state index in [2.05, 4.69) is 4.99 Å². The minimum atomic E-state index is -0.0584. The number of thioether (sulfide) groups is 1. The largest absolute Gasteiger partial charge is 0.497 e. The summed E-state index contributed by atoms with van der Waals surface area (Å²) in [6, 6.07) is 5.58. The van der Waals surface area contributed by atoms with E-state index < -0.39 is 0 Å². The lowest BCUT2D eigenvalue weighted by Crippen LogP contribution is -2.37. The summed E-state index contributed by atoms with van der Waals surface area (Å²) in [5.41, 5.74) is 2.25. The van der Waals surface area contributed by atoms with Gasteiger partial charge in [-0.2, -0.15) is 0 Å². The Hall–Kier alpha value is -2.28. The number of methoxy groups -OCH3 is 1. The fourth-order valence-corrected chi connectivity index (χ4v) is 4.04. The molecule has 2 rings (SSSR count). The molecule has 0 saturated heterocycles. The maximum atomic E-state index is 13.0. The topological polar surface area (TPSA) is 63.9 Å². The Morgan fingerprint density at radius 3 is 2.52 bits per heavy atom. The van der Waals surface area contributed by atoms with Crippen LogP contribution < -0.4 is 4.74 Å². The fourth-order valence-electron chi connectivity index (χ4n) is 3.26. The molecule has 1 heterocycles. The molecule has 0 saturated carbocycles. The number of rotatable bonds is 6.